The van der Waals surface area contributed by atoms with Gasteiger partial charge < -0.3 is 10.5 Å². The van der Waals surface area contributed by atoms with E-state index in [2.05, 4.69) is 0 Å². The average Bonchev–Trinajstić information content (AvgIpc) is 2.03. The minimum absolute atomic E-state index is 0.339. The van der Waals surface area contributed by atoms with E-state index >= 15 is 0 Å². The molecule has 0 spiro atoms. The summed E-state index contributed by atoms with van der Waals surface area (Å²) in [5.74, 6) is -0.339. The van der Waals surface area contributed by atoms with E-state index in [0.29, 0.717) is 19.4 Å². The number of ether oxygens (including phenoxy) is 1. The molecule has 0 aromatic carbocycles. The van der Waals surface area contributed by atoms with E-state index in [4.69, 9.17) is 10.5 Å². The maximum absolute atomic E-state index is 11.1. The molecule has 1 amide bonds. The summed E-state index contributed by atoms with van der Waals surface area (Å²) in [5.41, 5.74) is 4.57. The Morgan fingerprint density at radius 2 is 2.00 bits per heavy atom. The van der Waals surface area contributed by atoms with Crippen molar-refractivity contribution in [3.8, 4) is 0 Å². The molecule has 72 valence electrons. The summed E-state index contributed by atoms with van der Waals surface area (Å²) in [6.45, 7) is 6.36. The normalized spacial score (nSPS) is 15.6. The van der Waals surface area contributed by atoms with Crippen LogP contribution in [-0.2, 0) is 9.53 Å². The van der Waals surface area contributed by atoms with Crippen LogP contribution in [0, 0.1) is 0 Å². The van der Waals surface area contributed by atoms with Crippen LogP contribution in [0.3, 0.4) is 0 Å². The van der Waals surface area contributed by atoms with Crippen LogP contribution in [-0.4, -0.2) is 18.1 Å². The molecule has 0 radical (unpaired) electrons. The van der Waals surface area contributed by atoms with Gasteiger partial charge in [-0.2, -0.15) is 0 Å². The van der Waals surface area contributed by atoms with Crippen molar-refractivity contribution in [2.45, 2.75) is 45.6 Å². The van der Waals surface area contributed by atoms with E-state index in [-0.39, 0.29) is 5.91 Å². The van der Waals surface area contributed by atoms with Gasteiger partial charge >= 0.3 is 0 Å². The highest BCUT2D eigenvalue weighted by Gasteiger charge is 2.34. The van der Waals surface area contributed by atoms with Crippen molar-refractivity contribution in [3.05, 3.63) is 0 Å². The van der Waals surface area contributed by atoms with Gasteiger partial charge in [0.15, 0.2) is 0 Å². The molecule has 0 saturated heterocycles. The first-order chi connectivity index (χ1) is 5.63. The fourth-order valence-corrected chi connectivity index (χ4v) is 1.40. The topological polar surface area (TPSA) is 52.3 Å². The van der Waals surface area contributed by atoms with Gasteiger partial charge in [0.05, 0.1) is 0 Å². The van der Waals surface area contributed by atoms with Crippen molar-refractivity contribution < 1.29 is 9.53 Å². The van der Waals surface area contributed by atoms with Gasteiger partial charge in [0.1, 0.15) is 5.60 Å². The molecule has 3 heteroatoms. The smallest absolute Gasteiger partial charge is 0.249 e. The van der Waals surface area contributed by atoms with Crippen LogP contribution in [0.1, 0.15) is 40.0 Å². The number of hydrogen-bond acceptors (Lipinski definition) is 2. The number of carbonyl (C=O) groups excluding carboxylic acids is 1. The molecule has 0 aromatic heterocycles. The first-order valence-corrected chi connectivity index (χ1v) is 4.56. The van der Waals surface area contributed by atoms with Gasteiger partial charge in [-0.25, -0.2) is 0 Å². The Labute approximate surface area is 74.3 Å². The Hall–Kier alpha value is -0.570. The standard InChI is InChI=1S/C9H19NO2/c1-4-7-9(5-2,8(10)11)12-6-3/h4-7H2,1-3H3,(H2,10,11). The van der Waals surface area contributed by atoms with E-state index in [0.717, 1.165) is 6.42 Å². The lowest BCUT2D eigenvalue weighted by Crippen LogP contribution is -2.45. The molecule has 0 aliphatic carbocycles. The first kappa shape index (κ1) is 11.4. The first-order valence-electron chi connectivity index (χ1n) is 4.56. The molecule has 0 rings (SSSR count). The third kappa shape index (κ3) is 2.48. The number of nitrogens with two attached hydrogens (primary N) is 1. The molecule has 1 unspecified atom stereocenters. The van der Waals surface area contributed by atoms with E-state index in [1.807, 2.05) is 20.8 Å². The molecule has 0 heterocycles. The lowest BCUT2D eigenvalue weighted by molar-refractivity contribution is -0.144. The van der Waals surface area contributed by atoms with Crippen LogP contribution in [0.5, 0.6) is 0 Å². The van der Waals surface area contributed by atoms with Crippen molar-refractivity contribution in [1.29, 1.82) is 0 Å². The highest BCUT2D eigenvalue weighted by molar-refractivity contribution is 5.83. The van der Waals surface area contributed by atoms with Crippen molar-refractivity contribution in [2.24, 2.45) is 5.73 Å². The zero-order chi connectivity index (χ0) is 9.61. The summed E-state index contributed by atoms with van der Waals surface area (Å²) in [6.07, 6.45) is 2.29. The SMILES string of the molecule is CCCC(CC)(OCC)C(N)=O. The molecular weight excluding hydrogens is 154 g/mol. The van der Waals surface area contributed by atoms with Crippen molar-refractivity contribution in [3.63, 3.8) is 0 Å². The zero-order valence-corrected chi connectivity index (χ0v) is 8.22. The summed E-state index contributed by atoms with van der Waals surface area (Å²) < 4.78 is 5.41. The predicted octanol–water partition coefficient (Wildman–Crippen LogP) is 1.46. The third-order valence-corrected chi connectivity index (χ3v) is 2.09. The quantitative estimate of drug-likeness (QED) is 0.661. The summed E-state index contributed by atoms with van der Waals surface area (Å²) in [7, 11) is 0. The number of primary amides is 1. The van der Waals surface area contributed by atoms with Gasteiger partial charge in [-0.3, -0.25) is 4.79 Å². The Morgan fingerprint density at radius 1 is 1.42 bits per heavy atom. The maximum atomic E-state index is 11.1. The Bertz CT molecular complexity index is 139. The fraction of sp³-hybridized carbons (Fsp3) is 0.889. The number of carbonyl (C=O) groups is 1. The Kier molecular flexibility index (Phi) is 4.90. The van der Waals surface area contributed by atoms with Crippen molar-refractivity contribution in [2.75, 3.05) is 6.61 Å². The highest BCUT2D eigenvalue weighted by atomic mass is 16.5. The molecule has 12 heavy (non-hydrogen) atoms. The van der Waals surface area contributed by atoms with Crippen molar-refractivity contribution >= 4 is 5.91 Å². The Balaban J connectivity index is 4.39. The molecule has 0 aliphatic heterocycles. The van der Waals surface area contributed by atoms with Crippen LogP contribution in [0.4, 0.5) is 0 Å². The molecule has 1 atom stereocenters. The van der Waals surface area contributed by atoms with E-state index in [1.54, 1.807) is 0 Å². The third-order valence-electron chi connectivity index (χ3n) is 2.09. The predicted molar refractivity (Wildman–Crippen MR) is 48.8 cm³/mol. The second kappa shape index (κ2) is 5.14. The summed E-state index contributed by atoms with van der Waals surface area (Å²) in [5, 5.41) is 0. The summed E-state index contributed by atoms with van der Waals surface area (Å²) >= 11 is 0. The van der Waals surface area contributed by atoms with Gasteiger partial charge in [-0.15, -0.1) is 0 Å². The van der Waals surface area contributed by atoms with Crippen LogP contribution >= 0.6 is 0 Å². The lowest BCUT2D eigenvalue weighted by atomic mass is 9.94. The van der Waals surface area contributed by atoms with Crippen LogP contribution in [0.25, 0.3) is 0 Å². The molecule has 0 saturated carbocycles. The van der Waals surface area contributed by atoms with Crippen molar-refractivity contribution in [1.82, 2.24) is 0 Å². The lowest BCUT2D eigenvalue weighted by Gasteiger charge is -2.28. The molecular formula is C9H19NO2. The van der Waals surface area contributed by atoms with Crippen LogP contribution in [0.15, 0.2) is 0 Å². The monoisotopic (exact) mass is 173 g/mol. The number of amides is 1. The van der Waals surface area contributed by atoms with Gasteiger partial charge in [-0.1, -0.05) is 20.3 Å². The molecule has 0 bridgehead atoms. The van der Waals surface area contributed by atoms with Gasteiger partial charge in [0, 0.05) is 6.61 Å². The van der Waals surface area contributed by atoms with Gasteiger partial charge in [-0.05, 0) is 19.8 Å². The van der Waals surface area contributed by atoms with Crippen LogP contribution in [0.2, 0.25) is 0 Å². The zero-order valence-electron chi connectivity index (χ0n) is 8.22. The fourth-order valence-electron chi connectivity index (χ4n) is 1.40. The molecule has 0 fully saturated rings. The van der Waals surface area contributed by atoms with E-state index < -0.39 is 5.60 Å². The van der Waals surface area contributed by atoms with Gasteiger partial charge in [0.2, 0.25) is 5.91 Å². The average molecular weight is 173 g/mol. The summed E-state index contributed by atoms with van der Waals surface area (Å²) in [6, 6.07) is 0. The second-order valence-corrected chi connectivity index (χ2v) is 2.90. The van der Waals surface area contributed by atoms with Crippen LogP contribution < -0.4 is 5.73 Å². The Morgan fingerprint density at radius 3 is 2.25 bits per heavy atom. The van der Waals surface area contributed by atoms with Gasteiger partial charge in [0.25, 0.3) is 0 Å². The second-order valence-electron chi connectivity index (χ2n) is 2.90. The molecule has 0 aromatic rings. The largest absolute Gasteiger partial charge is 0.367 e. The maximum Gasteiger partial charge on any atom is 0.249 e. The number of rotatable bonds is 6. The van der Waals surface area contributed by atoms with E-state index in [1.165, 1.54) is 0 Å². The minimum atomic E-state index is -0.719. The molecule has 0 aliphatic rings. The van der Waals surface area contributed by atoms with E-state index in [9.17, 15) is 4.79 Å². The molecule has 3 nitrogen and oxygen atoms in total. The minimum Gasteiger partial charge on any atom is -0.367 e. The summed E-state index contributed by atoms with van der Waals surface area (Å²) in [4.78, 5) is 11.1. The number of hydrogen-bond donors (Lipinski definition) is 1. The molecule has 2 N–H and O–H groups in total. The highest BCUT2D eigenvalue weighted by Crippen LogP contribution is 2.21.